The molecule has 1 aliphatic carbocycles. The lowest BCUT2D eigenvalue weighted by molar-refractivity contribution is 0.0957. The van der Waals surface area contributed by atoms with E-state index in [1.807, 2.05) is 6.08 Å². The normalized spacial score (nSPS) is 15.4. The average Bonchev–Trinajstić information content (AvgIpc) is 2.45. The van der Waals surface area contributed by atoms with Crippen molar-refractivity contribution in [1.82, 2.24) is 10.3 Å². The van der Waals surface area contributed by atoms with Gasteiger partial charge in [-0.15, -0.1) is 0 Å². The lowest BCUT2D eigenvalue weighted by atomic mass is 9.99. The number of allylic oxidation sites excluding steroid dienone is 3. The molecule has 0 unspecified atom stereocenters. The van der Waals surface area contributed by atoms with Crippen LogP contribution in [0.1, 0.15) is 36.0 Å². The molecule has 94 valence electrons. The number of nitrogens with zero attached hydrogens (tertiary/aromatic N) is 1. The van der Waals surface area contributed by atoms with Crippen molar-refractivity contribution in [2.45, 2.75) is 25.7 Å². The molecule has 0 radical (unpaired) electrons. The summed E-state index contributed by atoms with van der Waals surface area (Å²) in [5.74, 6) is -0.0784. The Labute approximate surface area is 108 Å². The van der Waals surface area contributed by atoms with Crippen LogP contribution in [0, 0.1) is 0 Å². The van der Waals surface area contributed by atoms with E-state index in [1.165, 1.54) is 24.8 Å². The van der Waals surface area contributed by atoms with E-state index < -0.39 is 0 Å². The van der Waals surface area contributed by atoms with Gasteiger partial charge in [0.05, 0.1) is 5.56 Å². The molecule has 0 atom stereocenters. The van der Waals surface area contributed by atoms with Gasteiger partial charge in [-0.3, -0.25) is 9.78 Å². The molecule has 1 amide bonds. The smallest absolute Gasteiger partial charge is 0.253 e. The lowest BCUT2D eigenvalue weighted by Crippen LogP contribution is -2.23. The first kappa shape index (κ1) is 12.6. The minimum Gasteiger partial charge on any atom is -0.349 e. The quantitative estimate of drug-likeness (QED) is 0.882. The van der Waals surface area contributed by atoms with Crippen molar-refractivity contribution in [2.24, 2.45) is 0 Å². The Morgan fingerprint density at radius 1 is 1.44 bits per heavy atom. The average molecular weight is 242 g/mol. The summed E-state index contributed by atoms with van der Waals surface area (Å²) in [5.41, 5.74) is 1.99. The second kappa shape index (κ2) is 6.74. The van der Waals surface area contributed by atoms with Crippen LogP contribution in [0.3, 0.4) is 0 Å². The lowest BCUT2D eigenvalue weighted by Gasteiger charge is -2.08. The number of hydrogen-bond donors (Lipinski definition) is 1. The van der Waals surface area contributed by atoms with Crippen LogP contribution in [0.5, 0.6) is 0 Å². The molecule has 0 fully saturated rings. The highest BCUT2D eigenvalue weighted by molar-refractivity contribution is 5.93. The molecule has 2 rings (SSSR count). The van der Waals surface area contributed by atoms with Crippen molar-refractivity contribution in [1.29, 1.82) is 0 Å². The van der Waals surface area contributed by atoms with Crippen LogP contribution < -0.4 is 5.32 Å². The predicted octanol–water partition coefficient (Wildman–Crippen LogP) is 2.87. The largest absolute Gasteiger partial charge is 0.349 e. The fourth-order valence-electron chi connectivity index (χ4n) is 1.98. The highest BCUT2D eigenvalue weighted by atomic mass is 16.1. The first-order valence-electron chi connectivity index (χ1n) is 6.40. The minimum atomic E-state index is -0.0784. The van der Waals surface area contributed by atoms with Gasteiger partial charge in [-0.1, -0.05) is 23.8 Å². The summed E-state index contributed by atoms with van der Waals surface area (Å²) in [6.07, 6.45) is 14.5. The van der Waals surface area contributed by atoms with Crippen LogP contribution in [0.2, 0.25) is 0 Å². The summed E-state index contributed by atoms with van der Waals surface area (Å²) in [6, 6.07) is 3.52. The third kappa shape index (κ3) is 3.84. The van der Waals surface area contributed by atoms with Crippen molar-refractivity contribution in [3.8, 4) is 0 Å². The summed E-state index contributed by atoms with van der Waals surface area (Å²) in [5, 5.41) is 2.85. The minimum absolute atomic E-state index is 0.0784. The summed E-state index contributed by atoms with van der Waals surface area (Å²) in [7, 11) is 0. The van der Waals surface area contributed by atoms with Gasteiger partial charge < -0.3 is 5.32 Å². The number of hydrogen-bond acceptors (Lipinski definition) is 2. The molecule has 0 aromatic carbocycles. The number of carbonyl (C=O) groups is 1. The van der Waals surface area contributed by atoms with Crippen molar-refractivity contribution in [3.63, 3.8) is 0 Å². The highest BCUT2D eigenvalue weighted by Crippen LogP contribution is 2.17. The van der Waals surface area contributed by atoms with E-state index >= 15 is 0 Å². The molecular formula is C15H18N2O. The molecule has 0 aliphatic heterocycles. The fraction of sp³-hybridized carbons (Fsp3) is 0.333. The van der Waals surface area contributed by atoms with E-state index in [-0.39, 0.29) is 5.91 Å². The van der Waals surface area contributed by atoms with Crippen molar-refractivity contribution < 1.29 is 4.79 Å². The SMILES string of the molecule is O=C(NC/C=C/C1=CCCCC1)c1cccnc1. The molecule has 1 heterocycles. The zero-order valence-corrected chi connectivity index (χ0v) is 10.4. The van der Waals surface area contributed by atoms with Crippen molar-refractivity contribution in [3.05, 3.63) is 53.9 Å². The van der Waals surface area contributed by atoms with Crippen LogP contribution >= 0.6 is 0 Å². The first-order chi connectivity index (χ1) is 8.86. The molecule has 1 aliphatic rings. The Morgan fingerprint density at radius 2 is 2.39 bits per heavy atom. The van der Waals surface area contributed by atoms with Crippen molar-refractivity contribution in [2.75, 3.05) is 6.54 Å². The number of carbonyl (C=O) groups excluding carboxylic acids is 1. The fourth-order valence-corrected chi connectivity index (χ4v) is 1.98. The molecule has 18 heavy (non-hydrogen) atoms. The van der Waals surface area contributed by atoms with Gasteiger partial charge in [0.2, 0.25) is 0 Å². The van der Waals surface area contributed by atoms with Gasteiger partial charge in [-0.25, -0.2) is 0 Å². The van der Waals surface area contributed by atoms with E-state index in [4.69, 9.17) is 0 Å². The molecule has 1 aromatic rings. The van der Waals surface area contributed by atoms with Crippen molar-refractivity contribution >= 4 is 5.91 Å². The summed E-state index contributed by atoms with van der Waals surface area (Å²) >= 11 is 0. The van der Waals surface area contributed by atoms with Crippen LogP contribution in [0.4, 0.5) is 0 Å². The third-order valence-corrected chi connectivity index (χ3v) is 2.96. The van der Waals surface area contributed by atoms with E-state index in [0.29, 0.717) is 12.1 Å². The Hall–Kier alpha value is -1.90. The monoisotopic (exact) mass is 242 g/mol. The molecule has 3 nitrogen and oxygen atoms in total. The van der Waals surface area contributed by atoms with Gasteiger partial charge >= 0.3 is 0 Å². The van der Waals surface area contributed by atoms with E-state index in [1.54, 1.807) is 24.5 Å². The number of amides is 1. The third-order valence-electron chi connectivity index (χ3n) is 2.96. The van der Waals surface area contributed by atoms with Gasteiger partial charge in [0.1, 0.15) is 0 Å². The van der Waals surface area contributed by atoms with Crippen LogP contribution in [-0.2, 0) is 0 Å². The van der Waals surface area contributed by atoms with Gasteiger partial charge in [0, 0.05) is 18.9 Å². The Balaban J connectivity index is 1.77. The molecule has 1 aromatic heterocycles. The Morgan fingerprint density at radius 3 is 3.11 bits per heavy atom. The summed E-state index contributed by atoms with van der Waals surface area (Å²) < 4.78 is 0. The number of aromatic nitrogens is 1. The molecule has 1 N–H and O–H groups in total. The Bertz CT molecular complexity index is 449. The number of pyridine rings is 1. The highest BCUT2D eigenvalue weighted by Gasteiger charge is 2.02. The zero-order valence-electron chi connectivity index (χ0n) is 10.4. The van der Waals surface area contributed by atoms with Crippen LogP contribution in [0.25, 0.3) is 0 Å². The number of nitrogens with one attached hydrogen (secondary N) is 1. The molecular weight excluding hydrogens is 224 g/mol. The second-order valence-electron chi connectivity index (χ2n) is 4.38. The van der Waals surface area contributed by atoms with Crippen LogP contribution in [-0.4, -0.2) is 17.4 Å². The zero-order chi connectivity index (χ0) is 12.6. The topological polar surface area (TPSA) is 42.0 Å². The molecule has 0 spiro atoms. The van der Waals surface area contributed by atoms with E-state index in [2.05, 4.69) is 22.5 Å². The van der Waals surface area contributed by atoms with E-state index in [0.717, 1.165) is 6.42 Å². The summed E-state index contributed by atoms with van der Waals surface area (Å²) in [4.78, 5) is 15.6. The maximum absolute atomic E-state index is 11.7. The molecule has 3 heteroatoms. The first-order valence-corrected chi connectivity index (χ1v) is 6.40. The van der Waals surface area contributed by atoms with Gasteiger partial charge in [0.15, 0.2) is 0 Å². The number of rotatable bonds is 4. The van der Waals surface area contributed by atoms with Gasteiger partial charge in [-0.2, -0.15) is 0 Å². The molecule has 0 saturated carbocycles. The van der Waals surface area contributed by atoms with Gasteiger partial charge in [-0.05, 0) is 37.8 Å². The van der Waals surface area contributed by atoms with Crippen LogP contribution in [0.15, 0.2) is 48.3 Å². The maximum atomic E-state index is 11.7. The van der Waals surface area contributed by atoms with E-state index in [9.17, 15) is 4.79 Å². The summed E-state index contributed by atoms with van der Waals surface area (Å²) in [6.45, 7) is 0.561. The predicted molar refractivity (Wildman–Crippen MR) is 72.3 cm³/mol. The second-order valence-corrected chi connectivity index (χ2v) is 4.38. The molecule has 0 saturated heterocycles. The molecule has 0 bridgehead atoms. The Kier molecular flexibility index (Phi) is 4.70. The maximum Gasteiger partial charge on any atom is 0.253 e. The standard InChI is InChI=1S/C15H18N2O/c18-15(14-9-5-10-16-12-14)17-11-4-8-13-6-2-1-3-7-13/h4-6,8-10,12H,1-3,7,11H2,(H,17,18)/b8-4+. The van der Waals surface area contributed by atoms with Gasteiger partial charge in [0.25, 0.3) is 5.91 Å².